The van der Waals surface area contributed by atoms with Crippen LogP contribution in [0, 0.1) is 0 Å². The Morgan fingerprint density at radius 2 is 0.458 bits per heavy atom. The zero-order valence-corrected chi connectivity index (χ0v) is 73.7. The van der Waals surface area contributed by atoms with Crippen LogP contribution in [-0.2, 0) is 21.7 Å². The quantitative estimate of drug-likeness (QED) is 0.128. The number of rotatable bonds is 10. The van der Waals surface area contributed by atoms with E-state index in [0.29, 0.717) is 0 Å². The maximum absolute atomic E-state index is 7.58. The molecule has 4 nitrogen and oxygen atoms in total. The normalized spacial score (nSPS) is 13.8. The van der Waals surface area contributed by atoms with Crippen molar-refractivity contribution in [1.82, 2.24) is 0 Å². The molecule has 0 unspecified atom stereocenters. The van der Waals surface area contributed by atoms with E-state index in [1.54, 1.807) is 0 Å². The number of furan rings is 2. The Labute approximate surface area is 707 Å². The van der Waals surface area contributed by atoms with Crippen molar-refractivity contribution < 1.29 is 8.83 Å². The maximum atomic E-state index is 7.58. The molecule has 0 saturated carbocycles. The lowest BCUT2D eigenvalue weighted by Crippen LogP contribution is -2.51. The SMILES string of the molecule is CC(C)(C)c1ccc(-c2ccc(N(c3ccc(-c4ccc(C(C)(C)C)c5ccccc45)cc3)c3cc4c(c5oc6ccccc6c35)-c3cc5c(cc3[Si]4(C)C)-c3c(cc(N(c4ccc(-c6ccc(C(C)(C)C)c7ccccc67)cc4)c4ccc(-c6ccc(C(C)(C)C)c7ccccc67)cc4)c4c3oc3ccccc34)[Si]5(C)C)cc2)c2ccccc12. The van der Waals surface area contributed by atoms with Gasteiger partial charge in [0.25, 0.3) is 0 Å². The monoisotopic (exact) mass is 1580 g/mol. The molecule has 4 heterocycles. The predicted molar refractivity (Wildman–Crippen MR) is 521 cm³/mol. The summed E-state index contributed by atoms with van der Waals surface area (Å²) in [6.45, 7) is 38.1. The molecule has 120 heavy (non-hydrogen) atoms. The number of anilines is 6. The molecule has 0 saturated heterocycles. The van der Waals surface area contributed by atoms with Gasteiger partial charge >= 0.3 is 0 Å². The molecule has 6 heteroatoms. The van der Waals surface area contributed by atoms with Crippen LogP contribution in [-0.4, -0.2) is 16.1 Å². The molecular formula is C114H100N2O2Si2. The largest absolute Gasteiger partial charge is 0.455 e. The highest BCUT2D eigenvalue weighted by Crippen LogP contribution is 2.54. The van der Waals surface area contributed by atoms with Crippen molar-refractivity contribution in [3.05, 3.63) is 338 Å². The average Bonchev–Trinajstić information content (AvgIpc) is 1.51. The summed E-state index contributed by atoms with van der Waals surface area (Å²) >= 11 is 0. The van der Waals surface area contributed by atoms with Crippen LogP contribution in [0.15, 0.2) is 324 Å². The van der Waals surface area contributed by atoms with Crippen molar-refractivity contribution in [1.29, 1.82) is 0 Å². The van der Waals surface area contributed by atoms with Crippen molar-refractivity contribution in [2.24, 2.45) is 0 Å². The van der Waals surface area contributed by atoms with Gasteiger partial charge < -0.3 is 18.6 Å². The van der Waals surface area contributed by atoms with Crippen LogP contribution < -0.4 is 30.5 Å². The first kappa shape index (κ1) is 74.9. The zero-order chi connectivity index (χ0) is 82.6. The van der Waals surface area contributed by atoms with Gasteiger partial charge in [-0.3, -0.25) is 0 Å². The molecule has 586 valence electrons. The van der Waals surface area contributed by atoms with E-state index < -0.39 is 16.1 Å². The van der Waals surface area contributed by atoms with Gasteiger partial charge in [-0.2, -0.15) is 0 Å². The van der Waals surface area contributed by atoms with Crippen LogP contribution in [0.4, 0.5) is 34.1 Å². The standard InChI is InChI=1S/C114H100N2O2Si2/c1-111(2,3)93-61-57-77(81-29-17-21-33-85(81)93)69-41-49-73(50-42-69)115(74-51-43-70(44-52-74)78-58-62-94(112(4,5)6)86-34-22-18-30-82(78)86)97-67-103-107(109-105(97)89-37-25-27-39-99(89)117-109)91-65-102-92(66-101(91)119(103,13)14)108-104(120(102,15)16)68-98(106-90-38-26-28-40-100(90)118-110(106)108)116(75-53-45-71(46-54-75)79-59-63-95(113(7,8)9)87-35-23-19-31-83(79)87)76-55-47-72(48-56-76)80-60-64-96(114(10,11)12)88-36-24-20-32-84(80)88/h17-68H,1-16H3. The van der Waals surface area contributed by atoms with E-state index in [-0.39, 0.29) is 21.7 Å². The van der Waals surface area contributed by atoms with Gasteiger partial charge in [-0.25, -0.2) is 0 Å². The topological polar surface area (TPSA) is 32.8 Å². The molecular weight excluding hydrogens is 1490 g/mol. The summed E-state index contributed by atoms with van der Waals surface area (Å²) in [6, 6.07) is 120. The summed E-state index contributed by atoms with van der Waals surface area (Å²) in [5.74, 6) is 0. The van der Waals surface area contributed by atoms with Crippen molar-refractivity contribution in [2.45, 2.75) is 131 Å². The van der Waals surface area contributed by atoms with Gasteiger partial charge in [0.15, 0.2) is 0 Å². The van der Waals surface area contributed by atoms with Crippen molar-refractivity contribution in [3.63, 3.8) is 0 Å². The number of benzene rings is 17. The molecule has 0 atom stereocenters. The molecule has 0 amide bonds. The Balaban J connectivity index is 0.741. The number of hydrogen-bond acceptors (Lipinski definition) is 4. The first-order valence-corrected chi connectivity index (χ1v) is 48.9. The maximum Gasteiger partial charge on any atom is 0.145 e. The highest BCUT2D eigenvalue weighted by atomic mass is 28.3. The van der Waals surface area contributed by atoms with Crippen molar-refractivity contribution in [2.75, 3.05) is 9.80 Å². The minimum Gasteiger partial charge on any atom is -0.455 e. The Morgan fingerprint density at radius 3 is 0.708 bits per heavy atom. The van der Waals surface area contributed by atoms with Crippen LogP contribution in [0.1, 0.15) is 105 Å². The zero-order valence-electron chi connectivity index (χ0n) is 71.7. The second-order valence-electron chi connectivity index (χ2n) is 39.1. The second kappa shape index (κ2) is 27.0. The van der Waals surface area contributed by atoms with Gasteiger partial charge in [-0.1, -0.05) is 352 Å². The van der Waals surface area contributed by atoms with Crippen LogP contribution in [0.3, 0.4) is 0 Å². The lowest BCUT2D eigenvalue weighted by molar-refractivity contribution is 0.595. The van der Waals surface area contributed by atoms with Gasteiger partial charge in [-0.05, 0) is 236 Å². The van der Waals surface area contributed by atoms with E-state index in [1.807, 2.05) is 0 Å². The fourth-order valence-corrected chi connectivity index (χ4v) is 26.9. The average molecular weight is 1590 g/mol. The fourth-order valence-electron chi connectivity index (χ4n) is 20.8. The molecule has 0 radical (unpaired) electrons. The van der Waals surface area contributed by atoms with Gasteiger partial charge in [0.1, 0.15) is 38.5 Å². The lowest BCUT2D eigenvalue weighted by atomic mass is 9.82. The molecule has 0 fully saturated rings. The minimum absolute atomic E-state index is 0.0144. The predicted octanol–water partition coefficient (Wildman–Crippen LogP) is 30.5. The third-order valence-electron chi connectivity index (χ3n) is 26.8. The van der Waals surface area contributed by atoms with E-state index in [0.717, 1.165) is 78.0 Å². The third kappa shape index (κ3) is 11.7. The van der Waals surface area contributed by atoms with E-state index in [4.69, 9.17) is 8.83 Å². The Hall–Kier alpha value is -12.6. The van der Waals surface area contributed by atoms with E-state index in [9.17, 15) is 0 Å². The summed E-state index contributed by atoms with van der Waals surface area (Å²) in [5, 5.41) is 20.2. The molecule has 21 rings (SSSR count). The highest BCUT2D eigenvalue weighted by molar-refractivity contribution is 7.06. The highest BCUT2D eigenvalue weighted by Gasteiger charge is 2.47. The molecule has 0 N–H and O–H groups in total. The summed E-state index contributed by atoms with van der Waals surface area (Å²) in [6.07, 6.45) is 0. The van der Waals surface area contributed by atoms with Crippen LogP contribution in [0.25, 0.3) is 154 Å². The first-order chi connectivity index (χ1) is 57.6. The van der Waals surface area contributed by atoms with E-state index in [1.165, 1.54) is 153 Å². The summed E-state index contributed by atoms with van der Waals surface area (Å²) in [5.41, 5.74) is 30.1. The molecule has 0 aliphatic carbocycles. The Morgan fingerprint density at radius 1 is 0.225 bits per heavy atom. The van der Waals surface area contributed by atoms with Crippen LogP contribution in [0.2, 0.25) is 26.2 Å². The van der Waals surface area contributed by atoms with Crippen LogP contribution >= 0.6 is 0 Å². The molecule has 17 aromatic carbocycles. The molecule has 19 aromatic rings. The fraction of sp³-hybridized carbons (Fsp3) is 0.175. The van der Waals surface area contributed by atoms with Gasteiger partial charge in [0.05, 0.1) is 22.1 Å². The molecule has 2 aromatic heterocycles. The molecule has 2 aliphatic heterocycles. The van der Waals surface area contributed by atoms with Gasteiger partial charge in [0, 0.05) is 44.6 Å². The van der Waals surface area contributed by atoms with Gasteiger partial charge in [-0.15, -0.1) is 0 Å². The second-order valence-corrected chi connectivity index (χ2v) is 47.8. The minimum atomic E-state index is -2.67. The number of fused-ring (bicyclic) bond motifs is 18. The van der Waals surface area contributed by atoms with Crippen molar-refractivity contribution >= 4 is 158 Å². The molecule has 0 spiro atoms. The number of hydrogen-bond donors (Lipinski definition) is 0. The smallest absolute Gasteiger partial charge is 0.145 e. The molecule has 2 aliphatic rings. The van der Waals surface area contributed by atoms with E-state index >= 15 is 0 Å². The summed E-state index contributed by atoms with van der Waals surface area (Å²) in [7, 11) is -5.34. The van der Waals surface area contributed by atoms with Crippen LogP contribution in [0.5, 0.6) is 0 Å². The van der Waals surface area contributed by atoms with Crippen molar-refractivity contribution in [3.8, 4) is 66.8 Å². The Bertz CT molecular complexity index is 6740. The molecule has 0 bridgehead atoms. The number of para-hydroxylation sites is 2. The summed E-state index contributed by atoms with van der Waals surface area (Å²) < 4.78 is 15.2. The summed E-state index contributed by atoms with van der Waals surface area (Å²) in [4.78, 5) is 5.06. The lowest BCUT2D eigenvalue weighted by Gasteiger charge is -2.29. The first-order valence-electron chi connectivity index (χ1n) is 42.9. The Kier molecular flexibility index (Phi) is 16.8. The third-order valence-corrected chi connectivity index (χ3v) is 33.8. The number of nitrogens with zero attached hydrogens (tertiary/aromatic N) is 2. The van der Waals surface area contributed by atoms with E-state index in [2.05, 4.69) is 435 Å². The van der Waals surface area contributed by atoms with Gasteiger partial charge in [0.2, 0.25) is 0 Å².